The zero-order chi connectivity index (χ0) is 14.4. The van der Waals surface area contributed by atoms with Crippen LogP contribution in [-0.2, 0) is 4.74 Å². The van der Waals surface area contributed by atoms with E-state index < -0.39 is 0 Å². The van der Waals surface area contributed by atoms with Crippen LogP contribution in [0.1, 0.15) is 17.2 Å². The molecule has 104 valence electrons. The number of rotatable bonds is 5. The lowest BCUT2D eigenvalue weighted by molar-refractivity contribution is 0.143. The van der Waals surface area contributed by atoms with Crippen LogP contribution in [0.3, 0.4) is 0 Å². The number of ether oxygens (including phenoxy) is 2. The Morgan fingerprint density at radius 3 is 2.45 bits per heavy atom. The van der Waals surface area contributed by atoms with Crippen molar-refractivity contribution in [2.45, 2.75) is 6.10 Å². The van der Waals surface area contributed by atoms with Crippen LogP contribution in [0.5, 0.6) is 5.75 Å². The average Bonchev–Trinajstić information content (AvgIpc) is 2.53. The first kappa shape index (κ1) is 14.8. The van der Waals surface area contributed by atoms with Gasteiger partial charge in [-0.25, -0.2) is 0 Å². The van der Waals surface area contributed by atoms with Gasteiger partial charge in [-0.1, -0.05) is 58.4 Å². The van der Waals surface area contributed by atoms with Gasteiger partial charge >= 0.3 is 0 Å². The summed E-state index contributed by atoms with van der Waals surface area (Å²) in [6.45, 7) is 0. The molecule has 0 saturated heterocycles. The van der Waals surface area contributed by atoms with Crippen molar-refractivity contribution in [3.8, 4) is 5.75 Å². The number of hydrogen-bond donors (Lipinski definition) is 0. The summed E-state index contributed by atoms with van der Waals surface area (Å²) in [4.78, 5) is 0. The maximum Gasteiger partial charge on any atom is 0.119 e. The van der Waals surface area contributed by atoms with E-state index in [9.17, 15) is 0 Å². The van der Waals surface area contributed by atoms with Crippen LogP contribution in [0.15, 0.2) is 60.7 Å². The van der Waals surface area contributed by atoms with Crippen LogP contribution >= 0.6 is 15.9 Å². The Morgan fingerprint density at radius 1 is 1.05 bits per heavy atom. The van der Waals surface area contributed by atoms with Crippen molar-refractivity contribution in [1.29, 1.82) is 0 Å². The number of halogens is 1. The van der Waals surface area contributed by atoms with Crippen molar-refractivity contribution < 1.29 is 9.47 Å². The van der Waals surface area contributed by atoms with E-state index in [0.29, 0.717) is 0 Å². The molecule has 0 aliphatic rings. The molecule has 0 aliphatic carbocycles. The zero-order valence-corrected chi connectivity index (χ0v) is 13.1. The van der Waals surface area contributed by atoms with E-state index >= 15 is 0 Å². The Bertz CT molecular complexity index is 579. The summed E-state index contributed by atoms with van der Waals surface area (Å²) < 4.78 is 11.8. The topological polar surface area (TPSA) is 18.5 Å². The average molecular weight is 333 g/mol. The van der Waals surface area contributed by atoms with Crippen molar-refractivity contribution in [1.82, 2.24) is 0 Å². The predicted molar refractivity (Wildman–Crippen MR) is 86.1 cm³/mol. The third-order valence-electron chi connectivity index (χ3n) is 3.03. The van der Waals surface area contributed by atoms with Crippen LogP contribution in [0, 0.1) is 0 Å². The minimum atomic E-state index is -0.0863. The van der Waals surface area contributed by atoms with Gasteiger partial charge in [-0.2, -0.15) is 0 Å². The number of benzene rings is 2. The quantitative estimate of drug-likeness (QED) is 0.781. The Labute approximate surface area is 128 Å². The van der Waals surface area contributed by atoms with Gasteiger partial charge in [-0.15, -0.1) is 0 Å². The Morgan fingerprint density at radius 2 is 1.80 bits per heavy atom. The smallest absolute Gasteiger partial charge is 0.119 e. The van der Waals surface area contributed by atoms with Gasteiger partial charge in [0.15, 0.2) is 0 Å². The van der Waals surface area contributed by atoms with E-state index in [1.54, 1.807) is 14.2 Å². The van der Waals surface area contributed by atoms with E-state index in [-0.39, 0.29) is 6.10 Å². The highest BCUT2D eigenvalue weighted by atomic mass is 79.9. The second-order valence-corrected chi connectivity index (χ2v) is 5.17. The zero-order valence-electron chi connectivity index (χ0n) is 11.5. The fourth-order valence-electron chi connectivity index (χ4n) is 1.94. The van der Waals surface area contributed by atoms with Crippen LogP contribution in [0.4, 0.5) is 0 Å². The summed E-state index contributed by atoms with van der Waals surface area (Å²) in [5.41, 5.74) is 2.18. The maximum atomic E-state index is 5.55. The minimum Gasteiger partial charge on any atom is -0.497 e. The molecule has 0 heterocycles. The Kier molecular flexibility index (Phi) is 5.39. The minimum absolute atomic E-state index is 0.0863. The van der Waals surface area contributed by atoms with Gasteiger partial charge in [-0.3, -0.25) is 0 Å². The van der Waals surface area contributed by atoms with Crippen molar-refractivity contribution in [2.75, 3.05) is 14.2 Å². The molecule has 20 heavy (non-hydrogen) atoms. The van der Waals surface area contributed by atoms with Gasteiger partial charge in [-0.05, 0) is 29.3 Å². The van der Waals surface area contributed by atoms with Crippen LogP contribution in [-0.4, -0.2) is 14.2 Å². The van der Waals surface area contributed by atoms with Crippen LogP contribution in [0.25, 0.3) is 4.48 Å². The molecule has 0 N–H and O–H groups in total. The fourth-order valence-corrected chi connectivity index (χ4v) is 2.43. The third kappa shape index (κ3) is 3.71. The molecule has 2 aromatic carbocycles. The van der Waals surface area contributed by atoms with Crippen LogP contribution in [0.2, 0.25) is 0 Å². The summed E-state index contributed by atoms with van der Waals surface area (Å²) in [7, 11) is 3.37. The molecule has 0 radical (unpaired) electrons. The number of methoxy groups -OCH3 is 2. The molecular weight excluding hydrogens is 316 g/mol. The highest BCUT2D eigenvalue weighted by Crippen LogP contribution is 2.29. The van der Waals surface area contributed by atoms with E-state index in [2.05, 4.69) is 28.1 Å². The summed E-state index contributed by atoms with van der Waals surface area (Å²) in [5.74, 6) is 0.835. The largest absolute Gasteiger partial charge is 0.497 e. The molecule has 3 heteroatoms. The van der Waals surface area contributed by atoms with Crippen molar-refractivity contribution >= 4 is 20.4 Å². The van der Waals surface area contributed by atoms with Crippen molar-refractivity contribution in [2.24, 2.45) is 0 Å². The van der Waals surface area contributed by atoms with Crippen molar-refractivity contribution in [3.63, 3.8) is 0 Å². The van der Waals surface area contributed by atoms with Gasteiger partial charge in [0.05, 0.1) is 7.11 Å². The molecule has 0 fully saturated rings. The lowest BCUT2D eigenvalue weighted by Gasteiger charge is -2.13. The summed E-state index contributed by atoms with van der Waals surface area (Å²) in [6, 6.07) is 18.0. The standard InChI is InChI=1S/C17H17BrO2/c1-19-15-10-6-9-14(11-15)16(18)12-17(20-2)13-7-4-3-5-8-13/h3-12,17H,1-2H3/b16-12+. The second kappa shape index (κ2) is 7.27. The lowest BCUT2D eigenvalue weighted by Crippen LogP contribution is -1.98. The van der Waals surface area contributed by atoms with Crippen molar-refractivity contribution in [3.05, 3.63) is 71.8 Å². The molecule has 0 aliphatic heterocycles. The Hall–Kier alpha value is -1.58. The van der Waals surface area contributed by atoms with Gasteiger partial charge in [0.1, 0.15) is 11.9 Å². The first-order valence-electron chi connectivity index (χ1n) is 6.34. The second-order valence-electron chi connectivity index (χ2n) is 4.31. The van der Waals surface area contributed by atoms with Gasteiger partial charge in [0.2, 0.25) is 0 Å². The SMILES string of the molecule is COc1cccc(/C(Br)=C\C(OC)c2ccccc2)c1. The highest BCUT2D eigenvalue weighted by molar-refractivity contribution is 9.15. The highest BCUT2D eigenvalue weighted by Gasteiger charge is 2.09. The van der Waals surface area contributed by atoms with E-state index in [4.69, 9.17) is 9.47 Å². The summed E-state index contributed by atoms with van der Waals surface area (Å²) >= 11 is 3.61. The fraction of sp³-hybridized carbons (Fsp3) is 0.176. The van der Waals surface area contributed by atoms with Gasteiger partial charge in [0.25, 0.3) is 0 Å². The molecule has 2 nitrogen and oxygen atoms in total. The summed E-state index contributed by atoms with van der Waals surface area (Å²) in [6.07, 6.45) is 1.96. The first-order valence-corrected chi connectivity index (χ1v) is 7.13. The normalized spacial score (nSPS) is 13.1. The molecule has 0 aromatic heterocycles. The predicted octanol–water partition coefficient (Wildman–Crippen LogP) is 4.82. The lowest BCUT2D eigenvalue weighted by atomic mass is 10.1. The third-order valence-corrected chi connectivity index (χ3v) is 3.75. The molecule has 1 atom stereocenters. The molecule has 0 spiro atoms. The molecule has 0 saturated carbocycles. The molecule has 2 aromatic rings. The maximum absolute atomic E-state index is 5.55. The van der Waals surface area contributed by atoms with E-state index in [1.807, 2.05) is 48.5 Å². The summed E-state index contributed by atoms with van der Waals surface area (Å²) in [5, 5.41) is 0. The van der Waals surface area contributed by atoms with Gasteiger partial charge in [0, 0.05) is 11.6 Å². The van der Waals surface area contributed by atoms with Crippen LogP contribution < -0.4 is 4.74 Å². The Balaban J connectivity index is 2.27. The van der Waals surface area contributed by atoms with E-state index in [0.717, 1.165) is 21.4 Å². The molecular formula is C17H17BrO2. The molecule has 2 rings (SSSR count). The monoisotopic (exact) mass is 332 g/mol. The number of hydrogen-bond acceptors (Lipinski definition) is 2. The molecule has 0 bridgehead atoms. The molecule has 0 amide bonds. The first-order chi connectivity index (χ1) is 9.74. The van der Waals surface area contributed by atoms with E-state index in [1.165, 1.54) is 0 Å². The molecule has 1 unspecified atom stereocenters. The van der Waals surface area contributed by atoms with Gasteiger partial charge < -0.3 is 9.47 Å².